The van der Waals surface area contributed by atoms with E-state index < -0.39 is 0 Å². The summed E-state index contributed by atoms with van der Waals surface area (Å²) < 4.78 is 13.8. The van der Waals surface area contributed by atoms with E-state index in [0.29, 0.717) is 38.4 Å². The Hall–Kier alpha value is -2.89. The molecule has 26 heavy (non-hydrogen) atoms. The van der Waals surface area contributed by atoms with Gasteiger partial charge in [-0.05, 0) is 47.7 Å². The van der Waals surface area contributed by atoms with Crippen molar-refractivity contribution in [3.05, 3.63) is 60.2 Å². The van der Waals surface area contributed by atoms with E-state index in [0.717, 1.165) is 11.9 Å². The van der Waals surface area contributed by atoms with Gasteiger partial charge >= 0.3 is 0 Å². The van der Waals surface area contributed by atoms with E-state index in [-0.39, 0.29) is 11.7 Å². The van der Waals surface area contributed by atoms with Gasteiger partial charge in [-0.3, -0.25) is 4.79 Å². The van der Waals surface area contributed by atoms with Gasteiger partial charge in [-0.1, -0.05) is 6.07 Å². The maximum Gasteiger partial charge on any atom is 0.223 e. The molecule has 0 atom stereocenters. The van der Waals surface area contributed by atoms with Crippen molar-refractivity contribution in [2.75, 3.05) is 31.1 Å². The first-order valence-electron chi connectivity index (χ1n) is 8.90. The molecule has 0 saturated carbocycles. The van der Waals surface area contributed by atoms with Crippen molar-refractivity contribution in [1.29, 1.82) is 0 Å². The molecule has 0 bridgehead atoms. The number of aromatic amines is 1. The maximum absolute atomic E-state index is 13.8. The SMILES string of the molecule is O=C(CCc1ccc2[nH]ccc2c1)N1CCN(c2ncccc2F)CC1. The minimum Gasteiger partial charge on any atom is -0.361 e. The molecule has 0 radical (unpaired) electrons. The summed E-state index contributed by atoms with van der Waals surface area (Å²) in [6.07, 6.45) is 4.74. The Morgan fingerprint density at radius 1 is 1.15 bits per heavy atom. The van der Waals surface area contributed by atoms with Gasteiger partial charge in [0.25, 0.3) is 0 Å². The van der Waals surface area contributed by atoms with E-state index in [1.165, 1.54) is 17.0 Å². The molecule has 5 nitrogen and oxygen atoms in total. The lowest BCUT2D eigenvalue weighted by Crippen LogP contribution is -2.49. The summed E-state index contributed by atoms with van der Waals surface area (Å²) in [5.74, 6) is 0.215. The first-order chi connectivity index (χ1) is 12.7. The van der Waals surface area contributed by atoms with Crippen LogP contribution in [0.3, 0.4) is 0 Å². The van der Waals surface area contributed by atoms with Crippen LogP contribution in [0.4, 0.5) is 10.2 Å². The number of nitrogens with one attached hydrogen (secondary N) is 1. The number of hydrogen-bond acceptors (Lipinski definition) is 3. The average molecular weight is 352 g/mol. The minimum atomic E-state index is -0.313. The van der Waals surface area contributed by atoms with E-state index in [4.69, 9.17) is 0 Å². The summed E-state index contributed by atoms with van der Waals surface area (Å²) in [7, 11) is 0. The van der Waals surface area contributed by atoms with E-state index in [9.17, 15) is 9.18 Å². The fourth-order valence-corrected chi connectivity index (χ4v) is 3.45. The number of anilines is 1. The third kappa shape index (κ3) is 3.40. The Bertz CT molecular complexity index is 915. The normalized spacial score (nSPS) is 14.8. The van der Waals surface area contributed by atoms with Gasteiger partial charge in [0.15, 0.2) is 11.6 Å². The standard InChI is InChI=1S/C20H21FN4O/c21-17-2-1-8-23-20(17)25-12-10-24(11-13-25)19(26)6-4-15-3-5-18-16(14-15)7-9-22-18/h1-3,5,7-9,14,22H,4,6,10-13H2. The van der Waals surface area contributed by atoms with Crippen molar-refractivity contribution in [2.45, 2.75) is 12.8 Å². The van der Waals surface area contributed by atoms with Crippen LogP contribution in [-0.2, 0) is 11.2 Å². The van der Waals surface area contributed by atoms with Crippen LogP contribution in [0.1, 0.15) is 12.0 Å². The summed E-state index contributed by atoms with van der Waals surface area (Å²) in [5, 5.41) is 1.17. The zero-order valence-electron chi connectivity index (χ0n) is 14.5. The number of aromatic nitrogens is 2. The molecule has 3 aromatic rings. The molecule has 1 fully saturated rings. The predicted octanol–water partition coefficient (Wildman–Crippen LogP) is 2.98. The molecule has 1 aliphatic heterocycles. The first-order valence-corrected chi connectivity index (χ1v) is 8.90. The highest BCUT2D eigenvalue weighted by atomic mass is 19.1. The quantitative estimate of drug-likeness (QED) is 0.785. The fourth-order valence-electron chi connectivity index (χ4n) is 3.45. The van der Waals surface area contributed by atoms with Gasteiger partial charge < -0.3 is 14.8 Å². The van der Waals surface area contributed by atoms with Crippen LogP contribution in [0.5, 0.6) is 0 Å². The Kier molecular flexibility index (Phi) is 4.56. The van der Waals surface area contributed by atoms with Gasteiger partial charge in [-0.15, -0.1) is 0 Å². The average Bonchev–Trinajstić information content (AvgIpc) is 3.14. The topological polar surface area (TPSA) is 52.2 Å². The van der Waals surface area contributed by atoms with Crippen molar-refractivity contribution in [3.8, 4) is 0 Å². The van der Waals surface area contributed by atoms with Gasteiger partial charge in [0.1, 0.15) is 0 Å². The number of benzene rings is 1. The highest BCUT2D eigenvalue weighted by molar-refractivity contribution is 5.80. The molecule has 1 aromatic carbocycles. The lowest BCUT2D eigenvalue weighted by molar-refractivity contribution is -0.131. The highest BCUT2D eigenvalue weighted by Crippen LogP contribution is 2.18. The molecule has 0 spiro atoms. The Morgan fingerprint density at radius 3 is 2.81 bits per heavy atom. The fraction of sp³-hybridized carbons (Fsp3) is 0.300. The van der Waals surface area contributed by atoms with Crippen LogP contribution < -0.4 is 4.90 Å². The monoisotopic (exact) mass is 352 g/mol. The number of hydrogen-bond donors (Lipinski definition) is 1. The molecule has 6 heteroatoms. The summed E-state index contributed by atoms with van der Waals surface area (Å²) >= 11 is 0. The Balaban J connectivity index is 1.31. The van der Waals surface area contributed by atoms with E-state index >= 15 is 0 Å². The Labute approximate surface area is 151 Å². The lowest BCUT2D eigenvalue weighted by Gasteiger charge is -2.35. The number of pyridine rings is 1. The minimum absolute atomic E-state index is 0.153. The summed E-state index contributed by atoms with van der Waals surface area (Å²) in [6, 6.07) is 11.3. The predicted molar refractivity (Wildman–Crippen MR) is 99.6 cm³/mol. The van der Waals surface area contributed by atoms with E-state index in [2.05, 4.69) is 28.2 Å². The van der Waals surface area contributed by atoms with E-state index in [1.54, 1.807) is 12.3 Å². The molecule has 1 amide bonds. The van der Waals surface area contributed by atoms with Crippen LogP contribution in [0.15, 0.2) is 48.8 Å². The third-order valence-corrected chi connectivity index (χ3v) is 4.92. The summed E-state index contributed by atoms with van der Waals surface area (Å²) in [5.41, 5.74) is 2.28. The number of piperazine rings is 1. The second-order valence-corrected chi connectivity index (χ2v) is 6.58. The van der Waals surface area contributed by atoms with Gasteiger partial charge in [0, 0.05) is 50.5 Å². The van der Waals surface area contributed by atoms with Gasteiger partial charge in [0.2, 0.25) is 5.91 Å². The highest BCUT2D eigenvalue weighted by Gasteiger charge is 2.23. The molecule has 0 aliphatic carbocycles. The maximum atomic E-state index is 13.8. The molecule has 1 aliphatic rings. The van der Waals surface area contributed by atoms with Crippen molar-refractivity contribution in [1.82, 2.24) is 14.9 Å². The number of halogens is 1. The molecule has 134 valence electrons. The van der Waals surface area contributed by atoms with Crippen molar-refractivity contribution >= 4 is 22.6 Å². The van der Waals surface area contributed by atoms with Crippen molar-refractivity contribution in [2.24, 2.45) is 0 Å². The molecular formula is C20H21FN4O. The molecule has 1 N–H and O–H groups in total. The van der Waals surface area contributed by atoms with Gasteiger partial charge in [0.05, 0.1) is 0 Å². The smallest absolute Gasteiger partial charge is 0.223 e. The molecule has 3 heterocycles. The summed E-state index contributed by atoms with van der Waals surface area (Å²) in [4.78, 5) is 23.6. The zero-order valence-corrected chi connectivity index (χ0v) is 14.5. The number of carbonyl (C=O) groups is 1. The number of H-pyrrole nitrogens is 1. The second kappa shape index (κ2) is 7.15. The molecule has 1 saturated heterocycles. The number of rotatable bonds is 4. The number of aryl methyl sites for hydroxylation is 1. The van der Waals surface area contributed by atoms with Crippen LogP contribution in [0.25, 0.3) is 10.9 Å². The van der Waals surface area contributed by atoms with Crippen LogP contribution in [0, 0.1) is 5.82 Å². The van der Waals surface area contributed by atoms with E-state index in [1.807, 2.05) is 22.1 Å². The number of carbonyl (C=O) groups excluding carboxylic acids is 1. The number of fused-ring (bicyclic) bond motifs is 1. The molecule has 0 unspecified atom stereocenters. The summed E-state index contributed by atoms with van der Waals surface area (Å²) in [6.45, 7) is 2.42. The molecule has 2 aromatic heterocycles. The third-order valence-electron chi connectivity index (χ3n) is 4.92. The lowest BCUT2D eigenvalue weighted by atomic mass is 10.1. The first kappa shape index (κ1) is 16.6. The van der Waals surface area contributed by atoms with Crippen LogP contribution in [0.2, 0.25) is 0 Å². The number of amides is 1. The van der Waals surface area contributed by atoms with Gasteiger partial charge in [-0.2, -0.15) is 0 Å². The van der Waals surface area contributed by atoms with Crippen molar-refractivity contribution in [3.63, 3.8) is 0 Å². The Morgan fingerprint density at radius 2 is 2.00 bits per heavy atom. The second-order valence-electron chi connectivity index (χ2n) is 6.58. The van der Waals surface area contributed by atoms with Crippen molar-refractivity contribution < 1.29 is 9.18 Å². The van der Waals surface area contributed by atoms with Gasteiger partial charge in [-0.25, -0.2) is 9.37 Å². The molecule has 4 rings (SSSR count). The largest absolute Gasteiger partial charge is 0.361 e. The van der Waals surface area contributed by atoms with Crippen LogP contribution in [-0.4, -0.2) is 47.0 Å². The number of nitrogens with zero attached hydrogens (tertiary/aromatic N) is 3. The van der Waals surface area contributed by atoms with Crippen LogP contribution >= 0.6 is 0 Å². The zero-order chi connectivity index (χ0) is 17.9. The molecular weight excluding hydrogens is 331 g/mol.